The van der Waals surface area contributed by atoms with Gasteiger partial charge in [0.2, 0.25) is 0 Å². The Morgan fingerprint density at radius 2 is 1.83 bits per heavy atom. The fraction of sp³-hybridized carbons (Fsp3) is 0.263. The second-order valence-corrected chi connectivity index (χ2v) is 5.23. The zero-order chi connectivity index (χ0) is 17.4. The number of nitriles is 1. The summed E-state index contributed by atoms with van der Waals surface area (Å²) >= 11 is 0. The quantitative estimate of drug-likeness (QED) is 0.785. The van der Waals surface area contributed by atoms with E-state index in [-0.39, 0.29) is 12.5 Å². The third kappa shape index (κ3) is 4.75. The molecular weight excluding hydrogens is 304 g/mol. The van der Waals surface area contributed by atoms with Gasteiger partial charge in [0.1, 0.15) is 0 Å². The van der Waals surface area contributed by atoms with E-state index in [1.54, 1.807) is 42.3 Å². The Hall–Kier alpha value is -3.00. The molecule has 1 amide bonds. The Labute approximate surface area is 142 Å². The molecule has 0 atom stereocenters. The highest BCUT2D eigenvalue weighted by Crippen LogP contribution is 2.26. The molecule has 0 radical (unpaired) electrons. The standard InChI is InChI=1S/C19H20N2O3/c1-3-23-17-9-4-5-10-18(17)24-14-19(22)21(2)13-16-8-6-7-15(11-16)12-20/h4-11H,3,13-14H2,1-2H3. The fourth-order valence-corrected chi connectivity index (χ4v) is 2.20. The lowest BCUT2D eigenvalue weighted by Gasteiger charge is -2.18. The van der Waals surface area contributed by atoms with E-state index >= 15 is 0 Å². The lowest BCUT2D eigenvalue weighted by Crippen LogP contribution is -2.31. The predicted molar refractivity (Wildman–Crippen MR) is 90.7 cm³/mol. The number of likely N-dealkylation sites (N-methyl/N-ethyl adjacent to an activating group) is 1. The minimum Gasteiger partial charge on any atom is -0.490 e. The van der Waals surface area contributed by atoms with Gasteiger partial charge in [-0.2, -0.15) is 5.26 Å². The molecule has 5 nitrogen and oxygen atoms in total. The van der Waals surface area contributed by atoms with E-state index in [4.69, 9.17) is 14.7 Å². The number of nitrogens with zero attached hydrogens (tertiary/aromatic N) is 2. The van der Waals surface area contributed by atoms with Gasteiger partial charge in [0.15, 0.2) is 18.1 Å². The van der Waals surface area contributed by atoms with E-state index < -0.39 is 0 Å². The molecule has 2 rings (SSSR count). The molecule has 0 heterocycles. The first kappa shape index (κ1) is 17.4. The molecule has 124 valence electrons. The monoisotopic (exact) mass is 324 g/mol. The summed E-state index contributed by atoms with van der Waals surface area (Å²) < 4.78 is 11.1. The van der Waals surface area contributed by atoms with Crippen LogP contribution in [-0.2, 0) is 11.3 Å². The van der Waals surface area contributed by atoms with Crippen LogP contribution in [0.1, 0.15) is 18.1 Å². The Kier molecular flexibility index (Phi) is 6.21. The van der Waals surface area contributed by atoms with Gasteiger partial charge in [0.05, 0.1) is 18.2 Å². The van der Waals surface area contributed by atoms with Gasteiger partial charge in [-0.1, -0.05) is 24.3 Å². The molecule has 0 bridgehead atoms. The van der Waals surface area contributed by atoms with Crippen molar-refractivity contribution in [3.05, 3.63) is 59.7 Å². The number of rotatable bonds is 7. The Balaban J connectivity index is 1.93. The van der Waals surface area contributed by atoms with Crippen LogP contribution in [0.4, 0.5) is 0 Å². The van der Waals surface area contributed by atoms with Crippen LogP contribution in [0.2, 0.25) is 0 Å². The molecule has 2 aromatic rings. The van der Waals surface area contributed by atoms with E-state index in [9.17, 15) is 4.79 Å². The Bertz CT molecular complexity index is 737. The van der Waals surface area contributed by atoms with Crippen molar-refractivity contribution in [1.82, 2.24) is 4.90 Å². The van der Waals surface area contributed by atoms with Crippen LogP contribution in [0.15, 0.2) is 48.5 Å². The molecule has 0 unspecified atom stereocenters. The lowest BCUT2D eigenvalue weighted by atomic mass is 10.1. The van der Waals surface area contributed by atoms with Crippen LogP contribution < -0.4 is 9.47 Å². The molecule has 0 spiro atoms. The van der Waals surface area contributed by atoms with Gasteiger partial charge in [-0.25, -0.2) is 0 Å². The number of carbonyl (C=O) groups excluding carboxylic acids is 1. The minimum atomic E-state index is -0.149. The summed E-state index contributed by atoms with van der Waals surface area (Å²) in [7, 11) is 1.71. The molecule has 0 aliphatic heterocycles. The SMILES string of the molecule is CCOc1ccccc1OCC(=O)N(C)Cc1cccc(C#N)c1. The summed E-state index contributed by atoms with van der Waals surface area (Å²) in [6.45, 7) is 2.78. The van der Waals surface area contributed by atoms with E-state index in [0.29, 0.717) is 30.2 Å². The van der Waals surface area contributed by atoms with E-state index in [1.807, 2.05) is 25.1 Å². The van der Waals surface area contributed by atoms with Gasteiger partial charge in [-0.3, -0.25) is 4.79 Å². The van der Waals surface area contributed by atoms with Crippen molar-refractivity contribution in [2.75, 3.05) is 20.3 Å². The van der Waals surface area contributed by atoms with Crippen molar-refractivity contribution in [3.8, 4) is 17.6 Å². The summed E-state index contributed by atoms with van der Waals surface area (Å²) in [6.07, 6.45) is 0. The number of ether oxygens (including phenoxy) is 2. The number of amides is 1. The first-order valence-corrected chi connectivity index (χ1v) is 7.71. The normalized spacial score (nSPS) is 9.88. The van der Waals surface area contributed by atoms with Crippen molar-refractivity contribution in [3.63, 3.8) is 0 Å². The highest BCUT2D eigenvalue weighted by atomic mass is 16.5. The maximum Gasteiger partial charge on any atom is 0.260 e. The molecule has 0 fully saturated rings. The zero-order valence-electron chi connectivity index (χ0n) is 13.9. The van der Waals surface area contributed by atoms with Crippen LogP contribution in [-0.4, -0.2) is 31.1 Å². The molecule has 5 heteroatoms. The largest absolute Gasteiger partial charge is 0.490 e. The van der Waals surface area contributed by atoms with Gasteiger partial charge >= 0.3 is 0 Å². The third-order valence-electron chi connectivity index (χ3n) is 3.40. The minimum absolute atomic E-state index is 0.0709. The van der Waals surface area contributed by atoms with Crippen molar-refractivity contribution < 1.29 is 14.3 Å². The van der Waals surface area contributed by atoms with Crippen LogP contribution in [0.25, 0.3) is 0 Å². The fourth-order valence-electron chi connectivity index (χ4n) is 2.20. The number of para-hydroxylation sites is 2. The maximum atomic E-state index is 12.2. The second kappa shape index (κ2) is 8.59. The Morgan fingerprint density at radius 1 is 1.12 bits per heavy atom. The average Bonchev–Trinajstić information content (AvgIpc) is 2.61. The summed E-state index contributed by atoms with van der Waals surface area (Å²) in [6, 6.07) is 16.6. The first-order chi connectivity index (χ1) is 11.6. The van der Waals surface area contributed by atoms with Crippen LogP contribution in [0, 0.1) is 11.3 Å². The summed E-state index contributed by atoms with van der Waals surface area (Å²) in [4.78, 5) is 13.8. The number of benzene rings is 2. The second-order valence-electron chi connectivity index (χ2n) is 5.23. The van der Waals surface area contributed by atoms with Crippen molar-refractivity contribution in [1.29, 1.82) is 5.26 Å². The van der Waals surface area contributed by atoms with Gasteiger partial charge in [-0.05, 0) is 36.8 Å². The van der Waals surface area contributed by atoms with Gasteiger partial charge in [0, 0.05) is 13.6 Å². The van der Waals surface area contributed by atoms with Crippen molar-refractivity contribution in [2.24, 2.45) is 0 Å². The summed E-state index contributed by atoms with van der Waals surface area (Å²) in [5, 5.41) is 8.92. The number of hydrogen-bond donors (Lipinski definition) is 0. The van der Waals surface area contributed by atoms with Crippen molar-refractivity contribution in [2.45, 2.75) is 13.5 Å². The lowest BCUT2D eigenvalue weighted by molar-refractivity contribution is -0.132. The molecule has 24 heavy (non-hydrogen) atoms. The van der Waals surface area contributed by atoms with Crippen LogP contribution >= 0.6 is 0 Å². The number of carbonyl (C=O) groups is 1. The average molecular weight is 324 g/mol. The van der Waals surface area contributed by atoms with Gasteiger partial charge in [0.25, 0.3) is 5.91 Å². The maximum absolute atomic E-state index is 12.2. The molecule has 0 N–H and O–H groups in total. The predicted octanol–water partition coefficient (Wildman–Crippen LogP) is 2.99. The molecule has 2 aromatic carbocycles. The molecule has 0 aromatic heterocycles. The van der Waals surface area contributed by atoms with Crippen molar-refractivity contribution >= 4 is 5.91 Å². The molecule has 0 saturated heterocycles. The van der Waals surface area contributed by atoms with Gasteiger partial charge in [-0.15, -0.1) is 0 Å². The summed E-state index contributed by atoms with van der Waals surface area (Å²) in [5.41, 5.74) is 1.48. The zero-order valence-corrected chi connectivity index (χ0v) is 13.9. The van der Waals surface area contributed by atoms with E-state index in [2.05, 4.69) is 6.07 Å². The smallest absolute Gasteiger partial charge is 0.260 e. The first-order valence-electron chi connectivity index (χ1n) is 7.71. The van der Waals surface area contributed by atoms with Gasteiger partial charge < -0.3 is 14.4 Å². The van der Waals surface area contributed by atoms with Crippen LogP contribution in [0.5, 0.6) is 11.5 Å². The third-order valence-corrected chi connectivity index (χ3v) is 3.40. The van der Waals surface area contributed by atoms with Crippen LogP contribution in [0.3, 0.4) is 0 Å². The van der Waals surface area contributed by atoms with E-state index in [0.717, 1.165) is 5.56 Å². The molecular formula is C19H20N2O3. The Morgan fingerprint density at radius 3 is 2.50 bits per heavy atom. The topological polar surface area (TPSA) is 62.6 Å². The summed E-state index contributed by atoms with van der Waals surface area (Å²) in [5.74, 6) is 1.02. The number of hydrogen-bond acceptors (Lipinski definition) is 4. The highest BCUT2D eigenvalue weighted by Gasteiger charge is 2.12. The molecule has 0 aliphatic rings. The highest BCUT2D eigenvalue weighted by molar-refractivity contribution is 5.77. The molecule has 0 saturated carbocycles. The van der Waals surface area contributed by atoms with E-state index in [1.165, 1.54) is 0 Å². The molecule has 0 aliphatic carbocycles.